The van der Waals surface area contributed by atoms with Gasteiger partial charge in [-0.1, -0.05) is 13.0 Å². The molecule has 3 nitrogen and oxygen atoms in total. The second kappa shape index (κ2) is 4.03. The van der Waals surface area contributed by atoms with E-state index in [1.807, 2.05) is 13.1 Å². The zero-order valence-electron chi connectivity index (χ0n) is 9.27. The minimum atomic E-state index is 0.534. The smallest absolute Gasteiger partial charge is 0.110 e. The molecule has 0 fully saturated rings. The molecule has 1 unspecified atom stereocenters. The van der Waals surface area contributed by atoms with Crippen LogP contribution in [0.15, 0.2) is 24.5 Å². The molecule has 3 heteroatoms. The minimum Gasteiger partial charge on any atom is -0.330 e. The van der Waals surface area contributed by atoms with Crippen molar-refractivity contribution in [2.45, 2.75) is 20.3 Å². The van der Waals surface area contributed by atoms with Gasteiger partial charge in [0.05, 0.1) is 11.7 Å². The molecule has 2 N–H and O–H groups in total. The Kier molecular flexibility index (Phi) is 2.73. The highest BCUT2D eigenvalue weighted by Gasteiger charge is 2.03. The molecular formula is C12H17N3. The molecule has 2 heterocycles. The standard InChI is InChI=1S/C12H17N3/c1-9(6-13)5-11-3-4-12-7-14-10(2)15(12)8-11/h3-4,7-9H,5-6,13H2,1-2H3. The van der Waals surface area contributed by atoms with Crippen LogP contribution < -0.4 is 5.73 Å². The van der Waals surface area contributed by atoms with Crippen molar-refractivity contribution in [1.29, 1.82) is 0 Å². The van der Waals surface area contributed by atoms with E-state index in [2.05, 4.69) is 34.6 Å². The second-order valence-corrected chi connectivity index (χ2v) is 4.18. The molecule has 0 saturated carbocycles. The number of pyridine rings is 1. The molecule has 0 radical (unpaired) electrons. The molecule has 0 spiro atoms. The zero-order chi connectivity index (χ0) is 10.8. The van der Waals surface area contributed by atoms with Crippen LogP contribution >= 0.6 is 0 Å². The van der Waals surface area contributed by atoms with E-state index in [9.17, 15) is 0 Å². The van der Waals surface area contributed by atoms with Gasteiger partial charge < -0.3 is 10.1 Å². The first-order chi connectivity index (χ1) is 7.20. The Morgan fingerprint density at radius 1 is 1.47 bits per heavy atom. The van der Waals surface area contributed by atoms with Crippen LogP contribution in [0.2, 0.25) is 0 Å². The SMILES string of the molecule is Cc1ncc2ccc(CC(C)CN)cn12. The van der Waals surface area contributed by atoms with Gasteiger partial charge in [0.2, 0.25) is 0 Å². The number of aryl methyl sites for hydroxylation is 1. The molecule has 2 aromatic heterocycles. The zero-order valence-corrected chi connectivity index (χ0v) is 9.27. The van der Waals surface area contributed by atoms with Gasteiger partial charge >= 0.3 is 0 Å². The van der Waals surface area contributed by atoms with Crippen LogP contribution in [-0.4, -0.2) is 15.9 Å². The van der Waals surface area contributed by atoms with Crippen molar-refractivity contribution < 1.29 is 0 Å². The summed E-state index contributed by atoms with van der Waals surface area (Å²) in [6.07, 6.45) is 5.08. The summed E-state index contributed by atoms with van der Waals surface area (Å²) in [5, 5.41) is 0. The molecule has 80 valence electrons. The molecule has 0 aliphatic carbocycles. The Morgan fingerprint density at radius 3 is 3.00 bits per heavy atom. The van der Waals surface area contributed by atoms with Crippen molar-refractivity contribution in [2.24, 2.45) is 11.7 Å². The highest BCUT2D eigenvalue weighted by atomic mass is 15.0. The lowest BCUT2D eigenvalue weighted by molar-refractivity contribution is 0.591. The first-order valence-corrected chi connectivity index (χ1v) is 5.33. The third kappa shape index (κ3) is 2.02. The average Bonchev–Trinajstić information content (AvgIpc) is 2.60. The minimum absolute atomic E-state index is 0.534. The number of fused-ring (bicyclic) bond motifs is 1. The van der Waals surface area contributed by atoms with Crippen LogP contribution in [0.25, 0.3) is 5.52 Å². The molecule has 0 amide bonds. The molecule has 0 aliphatic heterocycles. The third-order valence-corrected chi connectivity index (χ3v) is 2.76. The van der Waals surface area contributed by atoms with Crippen LogP contribution in [0.1, 0.15) is 18.3 Å². The molecule has 0 aliphatic rings. The van der Waals surface area contributed by atoms with E-state index in [0.717, 1.165) is 24.3 Å². The van der Waals surface area contributed by atoms with E-state index in [0.29, 0.717) is 5.92 Å². The van der Waals surface area contributed by atoms with E-state index in [4.69, 9.17) is 5.73 Å². The highest BCUT2D eigenvalue weighted by Crippen LogP contribution is 2.12. The Balaban J connectivity index is 2.33. The maximum atomic E-state index is 5.62. The van der Waals surface area contributed by atoms with Gasteiger partial charge in [-0.15, -0.1) is 0 Å². The van der Waals surface area contributed by atoms with Crippen molar-refractivity contribution in [3.05, 3.63) is 35.9 Å². The molecule has 0 aromatic carbocycles. The maximum absolute atomic E-state index is 5.62. The topological polar surface area (TPSA) is 43.3 Å². The number of hydrogen-bond acceptors (Lipinski definition) is 2. The van der Waals surface area contributed by atoms with E-state index in [1.54, 1.807) is 0 Å². The Labute approximate surface area is 89.9 Å². The lowest BCUT2D eigenvalue weighted by atomic mass is 10.0. The summed E-state index contributed by atoms with van der Waals surface area (Å²) in [5.74, 6) is 1.57. The van der Waals surface area contributed by atoms with Crippen LogP contribution in [0.4, 0.5) is 0 Å². The number of imidazole rings is 1. The Morgan fingerprint density at radius 2 is 2.27 bits per heavy atom. The number of nitrogens with two attached hydrogens (primary N) is 1. The van der Waals surface area contributed by atoms with E-state index in [1.165, 1.54) is 5.56 Å². The predicted molar refractivity (Wildman–Crippen MR) is 61.9 cm³/mol. The number of aromatic nitrogens is 2. The molecule has 0 saturated heterocycles. The van der Waals surface area contributed by atoms with Gasteiger partial charge in [0.25, 0.3) is 0 Å². The molecular weight excluding hydrogens is 186 g/mol. The molecule has 2 rings (SSSR count). The molecule has 0 bridgehead atoms. The molecule has 15 heavy (non-hydrogen) atoms. The van der Waals surface area contributed by atoms with Gasteiger partial charge in [0.1, 0.15) is 5.82 Å². The molecule has 2 aromatic rings. The molecule has 1 atom stereocenters. The summed E-state index contributed by atoms with van der Waals surface area (Å²) in [5.41, 5.74) is 8.09. The quantitative estimate of drug-likeness (QED) is 0.826. The monoisotopic (exact) mass is 203 g/mol. The number of hydrogen-bond donors (Lipinski definition) is 1. The highest BCUT2D eigenvalue weighted by molar-refractivity contribution is 5.46. The van der Waals surface area contributed by atoms with Crippen LogP contribution in [0.3, 0.4) is 0 Å². The summed E-state index contributed by atoms with van der Waals surface area (Å²) < 4.78 is 2.12. The van der Waals surface area contributed by atoms with Crippen LogP contribution in [0, 0.1) is 12.8 Å². The fourth-order valence-electron chi connectivity index (χ4n) is 1.77. The maximum Gasteiger partial charge on any atom is 0.110 e. The summed E-state index contributed by atoms with van der Waals surface area (Å²) in [7, 11) is 0. The first kappa shape index (κ1) is 10.2. The predicted octanol–water partition coefficient (Wildman–Crippen LogP) is 1.78. The lowest BCUT2D eigenvalue weighted by Gasteiger charge is -2.08. The van der Waals surface area contributed by atoms with Crippen LogP contribution in [-0.2, 0) is 6.42 Å². The van der Waals surface area contributed by atoms with Gasteiger partial charge in [-0.3, -0.25) is 0 Å². The number of nitrogens with zero attached hydrogens (tertiary/aromatic N) is 2. The summed E-state index contributed by atoms with van der Waals surface area (Å²) in [6, 6.07) is 4.27. The van der Waals surface area contributed by atoms with E-state index < -0.39 is 0 Å². The van der Waals surface area contributed by atoms with Crippen molar-refractivity contribution in [2.75, 3.05) is 6.54 Å². The van der Waals surface area contributed by atoms with Gasteiger partial charge in [0.15, 0.2) is 0 Å². The lowest BCUT2D eigenvalue weighted by Crippen LogP contribution is -2.13. The first-order valence-electron chi connectivity index (χ1n) is 5.33. The normalized spacial score (nSPS) is 13.3. The Bertz CT molecular complexity index is 459. The van der Waals surface area contributed by atoms with Gasteiger partial charge in [-0.25, -0.2) is 4.98 Å². The van der Waals surface area contributed by atoms with Crippen molar-refractivity contribution >= 4 is 5.52 Å². The second-order valence-electron chi connectivity index (χ2n) is 4.18. The van der Waals surface area contributed by atoms with Gasteiger partial charge in [0, 0.05) is 6.20 Å². The summed E-state index contributed by atoms with van der Waals surface area (Å²) in [6.45, 7) is 4.93. The fourth-order valence-corrected chi connectivity index (χ4v) is 1.77. The van der Waals surface area contributed by atoms with Crippen molar-refractivity contribution in [3.63, 3.8) is 0 Å². The van der Waals surface area contributed by atoms with Crippen LogP contribution in [0.5, 0.6) is 0 Å². The summed E-state index contributed by atoms with van der Waals surface area (Å²) in [4.78, 5) is 4.27. The average molecular weight is 203 g/mol. The largest absolute Gasteiger partial charge is 0.330 e. The van der Waals surface area contributed by atoms with E-state index in [-0.39, 0.29) is 0 Å². The van der Waals surface area contributed by atoms with E-state index >= 15 is 0 Å². The fraction of sp³-hybridized carbons (Fsp3) is 0.417. The van der Waals surface area contributed by atoms with Gasteiger partial charge in [-0.2, -0.15) is 0 Å². The number of rotatable bonds is 3. The Hall–Kier alpha value is -1.35. The summed E-state index contributed by atoms with van der Waals surface area (Å²) >= 11 is 0. The van der Waals surface area contributed by atoms with Crippen molar-refractivity contribution in [3.8, 4) is 0 Å². The van der Waals surface area contributed by atoms with Crippen molar-refractivity contribution in [1.82, 2.24) is 9.38 Å². The third-order valence-electron chi connectivity index (χ3n) is 2.76. The van der Waals surface area contributed by atoms with Gasteiger partial charge in [-0.05, 0) is 37.4 Å².